The molecule has 0 aliphatic carbocycles. The lowest BCUT2D eigenvalue weighted by atomic mass is 9.99. The molecule has 3 heterocycles. The normalized spacial score (nSPS) is 18.3. The Morgan fingerprint density at radius 3 is 2.96 bits per heavy atom. The summed E-state index contributed by atoms with van der Waals surface area (Å²) in [6.45, 7) is 5.23. The predicted molar refractivity (Wildman–Crippen MR) is 92.3 cm³/mol. The average Bonchev–Trinajstić information content (AvgIpc) is 3.24. The molecule has 1 aliphatic heterocycles. The number of amides is 1. The molecule has 0 radical (unpaired) electrons. The molecule has 6 nitrogen and oxygen atoms in total. The fourth-order valence-electron chi connectivity index (χ4n) is 2.96. The summed E-state index contributed by atoms with van der Waals surface area (Å²) < 4.78 is 7.30. The van der Waals surface area contributed by atoms with E-state index in [1.807, 2.05) is 28.4 Å². The van der Waals surface area contributed by atoms with Crippen LogP contribution in [0, 0.1) is 6.92 Å². The molecule has 0 spiro atoms. The van der Waals surface area contributed by atoms with Crippen LogP contribution >= 0.6 is 11.3 Å². The Labute approximate surface area is 145 Å². The third-order valence-corrected chi connectivity index (χ3v) is 5.25. The van der Waals surface area contributed by atoms with Gasteiger partial charge in [0.25, 0.3) is 5.91 Å². The molecule has 1 fully saturated rings. The third-order valence-electron chi connectivity index (χ3n) is 4.56. The molecule has 1 aliphatic rings. The number of nitrogens with one attached hydrogen (secondary N) is 1. The molecule has 24 heavy (non-hydrogen) atoms. The summed E-state index contributed by atoms with van der Waals surface area (Å²) in [5, 5.41) is 21.5. The lowest BCUT2D eigenvalue weighted by Crippen LogP contribution is -2.38. The number of hydrogen-bond donors (Lipinski definition) is 2. The second-order valence-corrected chi connectivity index (χ2v) is 7.18. The van der Waals surface area contributed by atoms with Gasteiger partial charge in [0.2, 0.25) is 0 Å². The van der Waals surface area contributed by atoms with E-state index in [-0.39, 0.29) is 18.5 Å². The van der Waals surface area contributed by atoms with Gasteiger partial charge in [-0.05, 0) is 49.1 Å². The maximum Gasteiger partial charge on any atom is 0.254 e. The Morgan fingerprint density at radius 2 is 2.29 bits per heavy atom. The van der Waals surface area contributed by atoms with Gasteiger partial charge in [-0.3, -0.25) is 9.48 Å². The van der Waals surface area contributed by atoms with Gasteiger partial charge >= 0.3 is 0 Å². The average molecular weight is 349 g/mol. The molecule has 2 aromatic rings. The minimum atomic E-state index is -1.08. The van der Waals surface area contributed by atoms with Gasteiger partial charge in [0, 0.05) is 18.9 Å². The third kappa shape index (κ3) is 3.53. The van der Waals surface area contributed by atoms with Crippen LogP contribution in [0.25, 0.3) is 0 Å². The van der Waals surface area contributed by atoms with E-state index < -0.39 is 5.60 Å². The predicted octanol–water partition coefficient (Wildman–Crippen LogP) is 2.24. The summed E-state index contributed by atoms with van der Waals surface area (Å²) in [6, 6.07) is 2.15. The topological polar surface area (TPSA) is 76.4 Å². The number of rotatable bonds is 5. The van der Waals surface area contributed by atoms with E-state index in [9.17, 15) is 9.90 Å². The first kappa shape index (κ1) is 17.1. The van der Waals surface area contributed by atoms with Gasteiger partial charge in [-0.25, -0.2) is 0 Å². The van der Waals surface area contributed by atoms with E-state index in [1.165, 1.54) is 11.3 Å². The first-order chi connectivity index (χ1) is 11.5. The molecule has 1 atom stereocenters. The van der Waals surface area contributed by atoms with Crippen molar-refractivity contribution in [2.45, 2.75) is 38.3 Å². The summed E-state index contributed by atoms with van der Waals surface area (Å²) in [6.07, 6.45) is 3.44. The number of aliphatic hydroxyl groups is 1. The zero-order chi connectivity index (χ0) is 17.2. The number of thiophene rings is 1. The van der Waals surface area contributed by atoms with E-state index in [4.69, 9.17) is 4.74 Å². The van der Waals surface area contributed by atoms with Crippen molar-refractivity contribution in [1.29, 1.82) is 0 Å². The van der Waals surface area contributed by atoms with Gasteiger partial charge in [0.05, 0.1) is 24.3 Å². The van der Waals surface area contributed by atoms with Crippen molar-refractivity contribution in [2.75, 3.05) is 19.8 Å². The summed E-state index contributed by atoms with van der Waals surface area (Å²) in [5.41, 5.74) is 1.14. The first-order valence-electron chi connectivity index (χ1n) is 8.14. The molecule has 0 bridgehead atoms. The van der Waals surface area contributed by atoms with Crippen molar-refractivity contribution in [2.24, 2.45) is 0 Å². The van der Waals surface area contributed by atoms with E-state index in [0.717, 1.165) is 37.3 Å². The minimum Gasteiger partial charge on any atom is -0.384 e. The Kier molecular flexibility index (Phi) is 5.03. The molecular weight excluding hydrogens is 326 g/mol. The highest BCUT2D eigenvalue weighted by Gasteiger charge is 2.26. The number of aromatic nitrogens is 2. The van der Waals surface area contributed by atoms with Gasteiger partial charge in [-0.2, -0.15) is 16.4 Å². The number of hydrogen-bond acceptors (Lipinski definition) is 5. The number of ether oxygens (including phenoxy) is 1. The van der Waals surface area contributed by atoms with Crippen LogP contribution in [0.15, 0.2) is 23.0 Å². The van der Waals surface area contributed by atoms with E-state index in [1.54, 1.807) is 13.1 Å². The van der Waals surface area contributed by atoms with E-state index >= 15 is 0 Å². The van der Waals surface area contributed by atoms with Crippen LogP contribution < -0.4 is 5.32 Å². The Bertz CT molecular complexity index is 688. The van der Waals surface area contributed by atoms with E-state index in [2.05, 4.69) is 10.4 Å². The largest absolute Gasteiger partial charge is 0.384 e. The highest BCUT2D eigenvalue weighted by atomic mass is 32.1. The molecule has 0 saturated carbocycles. The van der Waals surface area contributed by atoms with E-state index in [0.29, 0.717) is 5.56 Å². The highest BCUT2D eigenvalue weighted by Crippen LogP contribution is 2.24. The summed E-state index contributed by atoms with van der Waals surface area (Å²) in [5.74, 6) is -0.207. The van der Waals surface area contributed by atoms with Crippen LogP contribution in [0.3, 0.4) is 0 Å². The molecule has 0 aromatic carbocycles. The zero-order valence-corrected chi connectivity index (χ0v) is 14.8. The smallest absolute Gasteiger partial charge is 0.254 e. The molecule has 1 saturated heterocycles. The van der Waals surface area contributed by atoms with Crippen molar-refractivity contribution >= 4 is 17.2 Å². The van der Waals surface area contributed by atoms with Crippen LogP contribution in [0.4, 0.5) is 0 Å². The number of carbonyl (C=O) groups is 1. The maximum atomic E-state index is 12.5. The van der Waals surface area contributed by atoms with Crippen molar-refractivity contribution in [1.82, 2.24) is 15.1 Å². The quantitative estimate of drug-likeness (QED) is 0.868. The van der Waals surface area contributed by atoms with Crippen molar-refractivity contribution < 1.29 is 14.6 Å². The van der Waals surface area contributed by atoms with Crippen LogP contribution in [0.5, 0.6) is 0 Å². The van der Waals surface area contributed by atoms with Crippen LogP contribution in [0.2, 0.25) is 0 Å². The molecule has 130 valence electrons. The SMILES string of the molecule is Cc1c(C(=O)NCC(C)(O)c2ccsc2)cnn1C1CCOCC1. The number of nitrogens with zero attached hydrogens (tertiary/aromatic N) is 2. The number of carbonyl (C=O) groups excluding carboxylic acids is 1. The summed E-state index contributed by atoms with van der Waals surface area (Å²) in [7, 11) is 0. The monoisotopic (exact) mass is 349 g/mol. The second-order valence-electron chi connectivity index (χ2n) is 6.40. The molecule has 1 unspecified atom stereocenters. The molecular formula is C17H23N3O3S. The molecule has 2 aromatic heterocycles. The van der Waals surface area contributed by atoms with Crippen LogP contribution in [0.1, 0.15) is 47.4 Å². The van der Waals surface area contributed by atoms with Crippen LogP contribution in [-0.2, 0) is 10.3 Å². The highest BCUT2D eigenvalue weighted by molar-refractivity contribution is 7.08. The van der Waals surface area contributed by atoms with Crippen molar-refractivity contribution in [3.63, 3.8) is 0 Å². The minimum absolute atomic E-state index is 0.157. The fraction of sp³-hybridized carbons (Fsp3) is 0.529. The molecule has 3 rings (SSSR count). The van der Waals surface area contributed by atoms with Crippen molar-refractivity contribution in [3.05, 3.63) is 39.8 Å². The maximum absolute atomic E-state index is 12.5. The lowest BCUT2D eigenvalue weighted by Gasteiger charge is -2.24. The van der Waals surface area contributed by atoms with Gasteiger partial charge in [0.1, 0.15) is 5.60 Å². The Morgan fingerprint density at radius 1 is 1.54 bits per heavy atom. The van der Waals surface area contributed by atoms with Crippen LogP contribution in [-0.4, -0.2) is 40.6 Å². The fourth-order valence-corrected chi connectivity index (χ4v) is 3.75. The Hall–Kier alpha value is -1.70. The lowest BCUT2D eigenvalue weighted by molar-refractivity contribution is 0.0529. The van der Waals surface area contributed by atoms with Crippen molar-refractivity contribution in [3.8, 4) is 0 Å². The van der Waals surface area contributed by atoms with Gasteiger partial charge in [0.15, 0.2) is 0 Å². The Balaban J connectivity index is 1.66. The zero-order valence-electron chi connectivity index (χ0n) is 14.0. The summed E-state index contributed by atoms with van der Waals surface area (Å²) >= 11 is 1.52. The summed E-state index contributed by atoms with van der Waals surface area (Å²) in [4.78, 5) is 12.5. The van der Waals surface area contributed by atoms with Gasteiger partial charge in [-0.1, -0.05) is 0 Å². The molecule has 7 heteroatoms. The van der Waals surface area contributed by atoms with Gasteiger partial charge in [-0.15, -0.1) is 0 Å². The second kappa shape index (κ2) is 7.04. The molecule has 2 N–H and O–H groups in total. The first-order valence-corrected chi connectivity index (χ1v) is 9.08. The van der Waals surface area contributed by atoms with Gasteiger partial charge < -0.3 is 15.2 Å². The standard InChI is InChI=1S/C17H23N3O3S/c1-12-15(9-19-20(12)14-3-6-23-7-4-14)16(21)18-11-17(2,22)13-5-8-24-10-13/h5,8-10,14,22H,3-4,6-7,11H2,1-2H3,(H,18,21). The molecule has 1 amide bonds.